The zero-order valence-corrected chi connectivity index (χ0v) is 13.3. The Morgan fingerprint density at radius 3 is 1.43 bits per heavy atom. The maximum Gasteiger partial charge on any atom is 0.416 e. The molecule has 2 aromatic heterocycles. The van der Waals surface area contributed by atoms with Crippen molar-refractivity contribution >= 4 is 31.4 Å². The standard InChI is InChI=1S/C12H6F6N2S3/c13-11(14,15)7-1-3-19-9(5-7)21-23-22-10-6-8(2-4-20-10)12(16,17)18/h1-6H. The van der Waals surface area contributed by atoms with Gasteiger partial charge in [-0.1, -0.05) is 0 Å². The largest absolute Gasteiger partial charge is 0.416 e. The number of rotatable bonds is 4. The lowest BCUT2D eigenvalue weighted by molar-refractivity contribution is -0.138. The van der Waals surface area contributed by atoms with Gasteiger partial charge in [0.2, 0.25) is 0 Å². The molecule has 0 spiro atoms. The van der Waals surface area contributed by atoms with E-state index < -0.39 is 23.5 Å². The van der Waals surface area contributed by atoms with Gasteiger partial charge in [0.15, 0.2) is 0 Å². The van der Waals surface area contributed by atoms with Crippen LogP contribution in [0.3, 0.4) is 0 Å². The molecule has 0 aromatic carbocycles. The molecule has 0 N–H and O–H groups in total. The molecule has 0 amide bonds. The number of hydrogen-bond donors (Lipinski definition) is 0. The number of alkyl halides is 6. The molecule has 2 heterocycles. The fourth-order valence-electron chi connectivity index (χ4n) is 1.35. The van der Waals surface area contributed by atoms with E-state index in [-0.39, 0.29) is 10.1 Å². The molecule has 0 radical (unpaired) electrons. The topological polar surface area (TPSA) is 25.8 Å². The van der Waals surface area contributed by atoms with E-state index in [4.69, 9.17) is 0 Å². The summed E-state index contributed by atoms with van der Waals surface area (Å²) >= 11 is 0. The normalized spacial score (nSPS) is 12.4. The molecule has 2 aromatic rings. The highest BCUT2D eigenvalue weighted by molar-refractivity contribution is 9.09. The van der Waals surface area contributed by atoms with Gasteiger partial charge in [-0.25, -0.2) is 9.97 Å². The average molecular weight is 388 g/mol. The Morgan fingerprint density at radius 1 is 0.696 bits per heavy atom. The van der Waals surface area contributed by atoms with Crippen molar-refractivity contribution in [2.24, 2.45) is 0 Å². The van der Waals surface area contributed by atoms with Gasteiger partial charge in [0.25, 0.3) is 0 Å². The van der Waals surface area contributed by atoms with Crippen molar-refractivity contribution in [2.45, 2.75) is 22.4 Å². The lowest BCUT2D eigenvalue weighted by atomic mass is 10.3. The summed E-state index contributed by atoms with van der Waals surface area (Å²) in [5.41, 5.74) is -1.67. The molecule has 0 fully saturated rings. The molecule has 0 aliphatic rings. The maximum absolute atomic E-state index is 12.5. The Labute approximate surface area is 138 Å². The van der Waals surface area contributed by atoms with Crippen LogP contribution in [0.1, 0.15) is 11.1 Å². The van der Waals surface area contributed by atoms with Crippen LogP contribution in [0, 0.1) is 0 Å². The van der Waals surface area contributed by atoms with E-state index in [1.807, 2.05) is 0 Å². The molecule has 124 valence electrons. The predicted octanol–water partition coefficient (Wildman–Crippen LogP) is 5.96. The maximum atomic E-state index is 12.5. The summed E-state index contributed by atoms with van der Waals surface area (Å²) in [5, 5.41) is 0.202. The second-order valence-corrected chi connectivity index (χ2v) is 7.93. The van der Waals surface area contributed by atoms with Gasteiger partial charge in [0.05, 0.1) is 11.1 Å². The molecule has 23 heavy (non-hydrogen) atoms. The zero-order chi connectivity index (χ0) is 17.1. The van der Waals surface area contributed by atoms with Crippen LogP contribution in [0.25, 0.3) is 0 Å². The van der Waals surface area contributed by atoms with Gasteiger partial charge in [-0.3, -0.25) is 0 Å². The first-order valence-electron chi connectivity index (χ1n) is 5.74. The van der Waals surface area contributed by atoms with Crippen molar-refractivity contribution in [1.82, 2.24) is 9.97 Å². The molecular formula is C12H6F6N2S3. The van der Waals surface area contributed by atoms with Crippen molar-refractivity contribution in [1.29, 1.82) is 0 Å². The molecule has 2 rings (SSSR count). The summed E-state index contributed by atoms with van der Waals surface area (Å²) < 4.78 is 75.3. The second kappa shape index (κ2) is 7.22. The van der Waals surface area contributed by atoms with Crippen LogP contribution in [0.4, 0.5) is 26.3 Å². The summed E-state index contributed by atoms with van der Waals surface area (Å²) in [7, 11) is 2.78. The molecule has 0 atom stereocenters. The number of aromatic nitrogens is 2. The third kappa shape index (κ3) is 5.50. The van der Waals surface area contributed by atoms with E-state index >= 15 is 0 Å². The van der Waals surface area contributed by atoms with E-state index in [0.717, 1.165) is 68.1 Å². The first kappa shape index (κ1) is 18.3. The highest BCUT2D eigenvalue weighted by atomic mass is 33.5. The monoisotopic (exact) mass is 388 g/mol. The lowest BCUT2D eigenvalue weighted by Crippen LogP contribution is -2.05. The van der Waals surface area contributed by atoms with Crippen molar-refractivity contribution in [3.63, 3.8) is 0 Å². The van der Waals surface area contributed by atoms with Gasteiger partial charge in [-0.15, -0.1) is 0 Å². The quantitative estimate of drug-likeness (QED) is 0.475. The fraction of sp³-hybridized carbons (Fsp3) is 0.167. The number of nitrogens with zero attached hydrogens (tertiary/aromatic N) is 2. The highest BCUT2D eigenvalue weighted by Crippen LogP contribution is 2.44. The Hall–Kier alpha value is -1.07. The molecule has 11 heteroatoms. The van der Waals surface area contributed by atoms with Crippen LogP contribution < -0.4 is 0 Å². The number of hydrogen-bond acceptors (Lipinski definition) is 5. The minimum atomic E-state index is -4.47. The Balaban J connectivity index is 1.98. The van der Waals surface area contributed by atoms with Crippen molar-refractivity contribution < 1.29 is 26.3 Å². The molecule has 0 saturated heterocycles. The Kier molecular flexibility index (Phi) is 5.74. The average Bonchev–Trinajstić information content (AvgIpc) is 2.46. The van der Waals surface area contributed by atoms with E-state index in [9.17, 15) is 26.3 Å². The third-order valence-electron chi connectivity index (χ3n) is 2.36. The van der Waals surface area contributed by atoms with Crippen LogP contribution in [-0.2, 0) is 12.4 Å². The molecular weight excluding hydrogens is 382 g/mol. The molecule has 0 bridgehead atoms. The Bertz CT molecular complexity index is 617. The SMILES string of the molecule is FC(F)(F)c1ccnc(SSSc2cc(C(F)(F)F)ccn2)c1. The first-order valence-corrected chi connectivity index (χ1v) is 9.22. The van der Waals surface area contributed by atoms with Crippen molar-refractivity contribution in [3.05, 3.63) is 47.8 Å². The summed E-state index contributed by atoms with van der Waals surface area (Å²) in [4.78, 5) is 7.54. The third-order valence-corrected chi connectivity index (χ3v) is 5.94. The van der Waals surface area contributed by atoms with E-state index in [2.05, 4.69) is 9.97 Å². The lowest BCUT2D eigenvalue weighted by Gasteiger charge is -2.08. The van der Waals surface area contributed by atoms with Crippen molar-refractivity contribution in [2.75, 3.05) is 0 Å². The Morgan fingerprint density at radius 2 is 1.09 bits per heavy atom. The van der Waals surface area contributed by atoms with Gasteiger partial charge < -0.3 is 0 Å². The minimum Gasteiger partial charge on any atom is -0.249 e. The number of pyridine rings is 2. The second-order valence-electron chi connectivity index (χ2n) is 4.00. The fourth-order valence-corrected chi connectivity index (χ4v) is 4.71. The predicted molar refractivity (Wildman–Crippen MR) is 77.8 cm³/mol. The molecule has 0 unspecified atom stereocenters. The highest BCUT2D eigenvalue weighted by Gasteiger charge is 2.31. The summed E-state index contributed by atoms with van der Waals surface area (Å²) in [6, 6.07) is 3.43. The van der Waals surface area contributed by atoms with Gasteiger partial charge in [0, 0.05) is 12.4 Å². The number of halogens is 6. The molecule has 0 aliphatic heterocycles. The van der Waals surface area contributed by atoms with Gasteiger partial charge >= 0.3 is 12.4 Å². The van der Waals surface area contributed by atoms with E-state index in [0.29, 0.717) is 0 Å². The van der Waals surface area contributed by atoms with Crippen LogP contribution >= 0.6 is 31.4 Å². The molecule has 0 saturated carbocycles. The summed E-state index contributed by atoms with van der Waals surface area (Å²) in [5.74, 6) is 0. The summed E-state index contributed by atoms with van der Waals surface area (Å²) in [6.07, 6.45) is -6.89. The molecule has 0 aliphatic carbocycles. The van der Waals surface area contributed by atoms with Crippen LogP contribution in [-0.4, -0.2) is 9.97 Å². The van der Waals surface area contributed by atoms with E-state index in [1.165, 1.54) is 0 Å². The zero-order valence-electron chi connectivity index (χ0n) is 10.9. The first-order chi connectivity index (χ1) is 10.7. The molecule has 2 nitrogen and oxygen atoms in total. The summed E-state index contributed by atoms with van der Waals surface area (Å²) in [6.45, 7) is 0. The van der Waals surface area contributed by atoms with Crippen LogP contribution in [0.5, 0.6) is 0 Å². The minimum absolute atomic E-state index is 0.101. The van der Waals surface area contributed by atoms with Crippen LogP contribution in [0.2, 0.25) is 0 Å². The smallest absolute Gasteiger partial charge is 0.249 e. The van der Waals surface area contributed by atoms with Gasteiger partial charge in [-0.2, -0.15) is 26.3 Å². The van der Waals surface area contributed by atoms with Gasteiger partial charge in [-0.05, 0) is 55.7 Å². The van der Waals surface area contributed by atoms with Crippen molar-refractivity contribution in [3.8, 4) is 0 Å². The van der Waals surface area contributed by atoms with Crippen LogP contribution in [0.15, 0.2) is 46.7 Å². The van der Waals surface area contributed by atoms with E-state index in [1.54, 1.807) is 0 Å². The van der Waals surface area contributed by atoms with Gasteiger partial charge in [0.1, 0.15) is 10.1 Å².